The van der Waals surface area contributed by atoms with E-state index >= 15 is 0 Å². The normalized spacial score (nSPS) is 12.1. The number of aromatic amines is 1. The van der Waals surface area contributed by atoms with Crippen LogP contribution < -0.4 is 11.3 Å². The van der Waals surface area contributed by atoms with Crippen LogP contribution in [0.15, 0.2) is 47.4 Å². The van der Waals surface area contributed by atoms with Crippen molar-refractivity contribution in [2.24, 2.45) is 5.73 Å². The Kier molecular flexibility index (Phi) is 3.77. The van der Waals surface area contributed by atoms with Crippen LogP contribution in [0.5, 0.6) is 0 Å². The molecule has 0 aliphatic carbocycles. The van der Waals surface area contributed by atoms with Crippen molar-refractivity contribution in [1.82, 2.24) is 4.98 Å². The van der Waals surface area contributed by atoms with E-state index in [2.05, 4.69) is 4.98 Å². The van der Waals surface area contributed by atoms with Crippen molar-refractivity contribution in [3.05, 3.63) is 58.5 Å². The summed E-state index contributed by atoms with van der Waals surface area (Å²) in [6.07, 6.45) is 1.93. The van der Waals surface area contributed by atoms with E-state index in [1.807, 2.05) is 24.3 Å². The zero-order chi connectivity index (χ0) is 13.8. The largest absolute Gasteiger partial charge is 0.480 e. The number of carboxylic acids is 1. The minimum Gasteiger partial charge on any atom is -0.480 e. The van der Waals surface area contributed by atoms with Gasteiger partial charge in [-0.15, -0.1) is 0 Å². The lowest BCUT2D eigenvalue weighted by Crippen LogP contribution is -2.32. The van der Waals surface area contributed by atoms with Gasteiger partial charge in [-0.25, -0.2) is 0 Å². The summed E-state index contributed by atoms with van der Waals surface area (Å²) in [6, 6.07) is 9.72. The molecule has 0 saturated carbocycles. The highest BCUT2D eigenvalue weighted by Gasteiger charge is 2.11. The van der Waals surface area contributed by atoms with E-state index in [4.69, 9.17) is 10.8 Å². The van der Waals surface area contributed by atoms with E-state index in [1.54, 1.807) is 12.3 Å². The van der Waals surface area contributed by atoms with Gasteiger partial charge in [0.15, 0.2) is 0 Å². The molecule has 0 saturated heterocycles. The third kappa shape index (κ3) is 3.29. The number of benzene rings is 1. The Bertz CT molecular complexity index is 611. The first-order valence-electron chi connectivity index (χ1n) is 5.83. The standard InChI is InChI=1S/C14H14N2O3/c15-12(14(18)19)7-9-1-3-10(4-2-9)11-5-6-13(17)16-8-11/h1-6,8,12H,7,15H2,(H,16,17)(H,18,19)/t12-/m0/s1. The van der Waals surface area contributed by atoms with Gasteiger partial charge in [-0.05, 0) is 29.2 Å². The van der Waals surface area contributed by atoms with Gasteiger partial charge in [0.2, 0.25) is 5.56 Å². The number of nitrogens with one attached hydrogen (secondary N) is 1. The molecule has 0 amide bonds. The minimum absolute atomic E-state index is 0.146. The third-order valence-electron chi connectivity index (χ3n) is 2.84. The molecule has 19 heavy (non-hydrogen) atoms. The van der Waals surface area contributed by atoms with Crippen LogP contribution in [0, 0.1) is 0 Å². The molecule has 0 fully saturated rings. The number of H-pyrrole nitrogens is 1. The number of hydrogen-bond donors (Lipinski definition) is 3. The second-order valence-corrected chi connectivity index (χ2v) is 4.29. The zero-order valence-corrected chi connectivity index (χ0v) is 10.2. The van der Waals surface area contributed by atoms with E-state index in [-0.39, 0.29) is 5.56 Å². The number of nitrogens with two attached hydrogens (primary N) is 1. The first kappa shape index (κ1) is 13.0. The molecule has 1 aromatic carbocycles. The fourth-order valence-corrected chi connectivity index (χ4v) is 1.76. The third-order valence-corrected chi connectivity index (χ3v) is 2.84. The molecule has 1 heterocycles. The summed E-state index contributed by atoms with van der Waals surface area (Å²) < 4.78 is 0. The second kappa shape index (κ2) is 5.49. The maximum absolute atomic E-state index is 11.0. The molecule has 1 atom stereocenters. The molecule has 0 aliphatic heterocycles. The number of carbonyl (C=O) groups is 1. The lowest BCUT2D eigenvalue weighted by Gasteiger charge is -2.07. The summed E-state index contributed by atoms with van der Waals surface area (Å²) in [7, 11) is 0. The van der Waals surface area contributed by atoms with Gasteiger partial charge in [0.05, 0.1) is 0 Å². The predicted octanol–water partition coefficient (Wildman–Crippen LogP) is 0.996. The molecule has 5 nitrogen and oxygen atoms in total. The number of rotatable bonds is 4. The van der Waals surface area contributed by atoms with Crippen LogP contribution in [0.2, 0.25) is 0 Å². The van der Waals surface area contributed by atoms with E-state index in [1.165, 1.54) is 6.07 Å². The maximum Gasteiger partial charge on any atom is 0.320 e. The van der Waals surface area contributed by atoms with Crippen molar-refractivity contribution in [2.75, 3.05) is 0 Å². The lowest BCUT2D eigenvalue weighted by atomic mass is 10.0. The van der Waals surface area contributed by atoms with E-state index < -0.39 is 12.0 Å². The van der Waals surface area contributed by atoms with Crippen molar-refractivity contribution >= 4 is 5.97 Å². The molecule has 0 bridgehead atoms. The zero-order valence-electron chi connectivity index (χ0n) is 10.2. The van der Waals surface area contributed by atoms with Crippen LogP contribution in [0.1, 0.15) is 5.56 Å². The molecule has 0 unspecified atom stereocenters. The van der Waals surface area contributed by atoms with E-state index in [0.717, 1.165) is 16.7 Å². The molecule has 2 aromatic rings. The van der Waals surface area contributed by atoms with Crippen LogP contribution in [0.25, 0.3) is 11.1 Å². The Balaban J connectivity index is 2.16. The number of aliphatic carboxylic acids is 1. The SMILES string of the molecule is N[C@@H](Cc1ccc(-c2ccc(=O)[nH]c2)cc1)C(=O)O. The van der Waals surface area contributed by atoms with Crippen LogP contribution in [-0.2, 0) is 11.2 Å². The molecular formula is C14H14N2O3. The molecule has 0 spiro atoms. The maximum atomic E-state index is 11.0. The lowest BCUT2D eigenvalue weighted by molar-refractivity contribution is -0.138. The quantitative estimate of drug-likeness (QED) is 0.762. The first-order valence-corrected chi connectivity index (χ1v) is 5.83. The van der Waals surface area contributed by atoms with Crippen LogP contribution in [-0.4, -0.2) is 22.1 Å². The Morgan fingerprint density at radius 2 is 1.79 bits per heavy atom. The molecule has 5 heteroatoms. The van der Waals surface area contributed by atoms with Crippen molar-refractivity contribution < 1.29 is 9.90 Å². The van der Waals surface area contributed by atoms with Gasteiger partial charge in [0, 0.05) is 12.3 Å². The van der Waals surface area contributed by atoms with Crippen LogP contribution in [0.4, 0.5) is 0 Å². The van der Waals surface area contributed by atoms with Crippen LogP contribution in [0.3, 0.4) is 0 Å². The van der Waals surface area contributed by atoms with Crippen LogP contribution >= 0.6 is 0 Å². The monoisotopic (exact) mass is 258 g/mol. The molecule has 0 aliphatic rings. The molecule has 4 N–H and O–H groups in total. The van der Waals surface area contributed by atoms with E-state index in [9.17, 15) is 9.59 Å². The fourth-order valence-electron chi connectivity index (χ4n) is 1.76. The summed E-state index contributed by atoms with van der Waals surface area (Å²) in [5.74, 6) is -1.01. The summed E-state index contributed by atoms with van der Waals surface area (Å²) in [5, 5.41) is 8.74. The van der Waals surface area contributed by atoms with Gasteiger partial charge in [-0.3, -0.25) is 9.59 Å². The second-order valence-electron chi connectivity index (χ2n) is 4.29. The highest BCUT2D eigenvalue weighted by molar-refractivity contribution is 5.73. The van der Waals surface area contributed by atoms with Crippen molar-refractivity contribution in [3.63, 3.8) is 0 Å². The van der Waals surface area contributed by atoms with Gasteiger partial charge in [-0.1, -0.05) is 24.3 Å². The summed E-state index contributed by atoms with van der Waals surface area (Å²) in [4.78, 5) is 24.2. The highest BCUT2D eigenvalue weighted by atomic mass is 16.4. The minimum atomic E-state index is -1.01. The average molecular weight is 258 g/mol. The topological polar surface area (TPSA) is 96.2 Å². The molecular weight excluding hydrogens is 244 g/mol. The predicted molar refractivity (Wildman–Crippen MR) is 71.8 cm³/mol. The van der Waals surface area contributed by atoms with Gasteiger partial charge < -0.3 is 15.8 Å². The summed E-state index contributed by atoms with van der Waals surface area (Å²) in [6.45, 7) is 0. The molecule has 0 radical (unpaired) electrons. The number of carboxylic acid groups (broad SMARTS) is 1. The number of aromatic nitrogens is 1. The summed E-state index contributed by atoms with van der Waals surface area (Å²) in [5.41, 5.74) is 8.04. The average Bonchev–Trinajstić information content (AvgIpc) is 2.40. The van der Waals surface area contributed by atoms with Gasteiger partial charge in [0.25, 0.3) is 0 Å². The van der Waals surface area contributed by atoms with Crippen molar-refractivity contribution in [1.29, 1.82) is 0 Å². The van der Waals surface area contributed by atoms with Gasteiger partial charge >= 0.3 is 5.97 Å². The smallest absolute Gasteiger partial charge is 0.320 e. The van der Waals surface area contributed by atoms with Crippen molar-refractivity contribution in [2.45, 2.75) is 12.5 Å². The van der Waals surface area contributed by atoms with Crippen molar-refractivity contribution in [3.8, 4) is 11.1 Å². The fraction of sp³-hybridized carbons (Fsp3) is 0.143. The Morgan fingerprint density at radius 1 is 1.16 bits per heavy atom. The molecule has 98 valence electrons. The van der Waals surface area contributed by atoms with Gasteiger partial charge in [0.1, 0.15) is 6.04 Å². The highest BCUT2D eigenvalue weighted by Crippen LogP contribution is 2.18. The number of pyridine rings is 1. The molecule has 2 rings (SSSR count). The molecule has 1 aromatic heterocycles. The Labute approximate surface area is 109 Å². The Hall–Kier alpha value is -2.40. The van der Waals surface area contributed by atoms with Gasteiger partial charge in [-0.2, -0.15) is 0 Å². The number of hydrogen-bond acceptors (Lipinski definition) is 3. The Morgan fingerprint density at radius 3 is 2.32 bits per heavy atom. The van der Waals surface area contributed by atoms with E-state index in [0.29, 0.717) is 6.42 Å². The first-order chi connectivity index (χ1) is 9.06. The summed E-state index contributed by atoms with van der Waals surface area (Å²) >= 11 is 0.